The van der Waals surface area contributed by atoms with Gasteiger partial charge in [-0.1, -0.05) is 29.8 Å². The first-order valence-electron chi connectivity index (χ1n) is 8.96. The minimum Gasteiger partial charge on any atom is -0.497 e. The summed E-state index contributed by atoms with van der Waals surface area (Å²) >= 11 is 0. The monoisotopic (exact) mass is 376 g/mol. The lowest BCUT2D eigenvalue weighted by molar-refractivity contribution is 0.0394. The zero-order chi connectivity index (χ0) is 17.6. The standard InChI is InChI=1S/C21H28N2O2.ClH/c1-16-7-9-19(10-8-16)23-11-12-25-21(15-23)14-22-17(2)18-5-4-6-20(13-18)24-3;/h4-10,13,17,21-22H,11-12,14-15H2,1-3H3;1H/t17-,21?;/m1./s1. The van der Waals surface area contributed by atoms with Crippen molar-refractivity contribution in [2.45, 2.75) is 26.0 Å². The Balaban J connectivity index is 0.00000243. The molecule has 1 aliphatic heterocycles. The summed E-state index contributed by atoms with van der Waals surface area (Å²) in [5.74, 6) is 0.894. The van der Waals surface area contributed by atoms with Gasteiger partial charge in [0.25, 0.3) is 0 Å². The maximum absolute atomic E-state index is 5.96. The molecular weight excluding hydrogens is 348 g/mol. The van der Waals surface area contributed by atoms with E-state index in [0.717, 1.165) is 32.0 Å². The highest BCUT2D eigenvalue weighted by molar-refractivity contribution is 5.85. The van der Waals surface area contributed by atoms with Gasteiger partial charge in [-0.25, -0.2) is 0 Å². The van der Waals surface area contributed by atoms with E-state index in [9.17, 15) is 0 Å². The third-order valence-electron chi connectivity index (χ3n) is 4.78. The summed E-state index contributed by atoms with van der Waals surface area (Å²) < 4.78 is 11.3. The number of nitrogens with zero attached hydrogens (tertiary/aromatic N) is 1. The molecule has 1 saturated heterocycles. The van der Waals surface area contributed by atoms with Gasteiger partial charge in [-0.15, -0.1) is 12.4 Å². The quantitative estimate of drug-likeness (QED) is 0.826. The number of hydrogen-bond acceptors (Lipinski definition) is 4. The van der Waals surface area contributed by atoms with Gasteiger partial charge in [-0.3, -0.25) is 0 Å². The van der Waals surface area contributed by atoms with Gasteiger partial charge in [0.15, 0.2) is 0 Å². The molecule has 0 saturated carbocycles. The highest BCUT2D eigenvalue weighted by Crippen LogP contribution is 2.20. The Morgan fingerprint density at radius 2 is 2.00 bits per heavy atom. The number of anilines is 1. The summed E-state index contributed by atoms with van der Waals surface area (Å²) in [7, 11) is 1.70. The smallest absolute Gasteiger partial charge is 0.119 e. The van der Waals surface area contributed by atoms with Gasteiger partial charge in [0, 0.05) is 31.4 Å². The molecule has 5 heteroatoms. The van der Waals surface area contributed by atoms with Crippen molar-refractivity contribution in [1.82, 2.24) is 5.32 Å². The van der Waals surface area contributed by atoms with E-state index in [1.165, 1.54) is 16.8 Å². The van der Waals surface area contributed by atoms with Gasteiger partial charge in [0.1, 0.15) is 5.75 Å². The average molecular weight is 377 g/mol. The van der Waals surface area contributed by atoms with Crippen LogP contribution >= 0.6 is 12.4 Å². The number of methoxy groups -OCH3 is 1. The molecule has 3 rings (SSSR count). The fraction of sp³-hybridized carbons (Fsp3) is 0.429. The number of hydrogen-bond donors (Lipinski definition) is 1. The fourth-order valence-electron chi connectivity index (χ4n) is 3.17. The van der Waals surface area contributed by atoms with Crippen LogP contribution in [0.2, 0.25) is 0 Å². The fourth-order valence-corrected chi connectivity index (χ4v) is 3.17. The van der Waals surface area contributed by atoms with Gasteiger partial charge < -0.3 is 19.7 Å². The van der Waals surface area contributed by atoms with Crippen molar-refractivity contribution in [3.63, 3.8) is 0 Å². The second-order valence-electron chi connectivity index (χ2n) is 6.68. The molecule has 0 radical (unpaired) electrons. The van der Waals surface area contributed by atoms with Gasteiger partial charge in [0.05, 0.1) is 19.8 Å². The van der Waals surface area contributed by atoms with Crippen LogP contribution in [0.15, 0.2) is 48.5 Å². The molecule has 1 fully saturated rings. The summed E-state index contributed by atoms with van der Waals surface area (Å²) in [4.78, 5) is 2.41. The predicted octanol–water partition coefficient (Wildman–Crippen LogP) is 3.98. The highest BCUT2D eigenvalue weighted by atomic mass is 35.5. The lowest BCUT2D eigenvalue weighted by Gasteiger charge is -2.35. The van der Waals surface area contributed by atoms with Crippen LogP contribution in [0.3, 0.4) is 0 Å². The second-order valence-corrected chi connectivity index (χ2v) is 6.68. The van der Waals surface area contributed by atoms with Crippen molar-refractivity contribution in [3.8, 4) is 5.75 Å². The predicted molar refractivity (Wildman–Crippen MR) is 110 cm³/mol. The number of nitrogens with one attached hydrogen (secondary N) is 1. The molecule has 0 spiro atoms. The molecule has 0 aromatic heterocycles. The molecule has 0 amide bonds. The molecule has 26 heavy (non-hydrogen) atoms. The van der Waals surface area contributed by atoms with Crippen LogP contribution in [0.4, 0.5) is 5.69 Å². The van der Waals surface area contributed by atoms with E-state index in [1.807, 2.05) is 12.1 Å². The SMILES string of the molecule is COc1cccc([C@@H](C)NCC2CN(c3ccc(C)cc3)CCO2)c1.Cl. The van der Waals surface area contributed by atoms with Crippen LogP contribution in [0.25, 0.3) is 0 Å². The van der Waals surface area contributed by atoms with E-state index in [1.54, 1.807) is 7.11 Å². The summed E-state index contributed by atoms with van der Waals surface area (Å²) in [5, 5.41) is 3.59. The van der Waals surface area contributed by atoms with E-state index < -0.39 is 0 Å². The second kappa shape index (κ2) is 9.81. The van der Waals surface area contributed by atoms with E-state index in [-0.39, 0.29) is 24.6 Å². The molecule has 2 atom stereocenters. The van der Waals surface area contributed by atoms with Crippen LogP contribution in [0, 0.1) is 6.92 Å². The molecule has 1 unspecified atom stereocenters. The first kappa shape index (κ1) is 20.6. The molecule has 2 aromatic rings. The minimum atomic E-state index is 0. The van der Waals surface area contributed by atoms with Gasteiger partial charge in [-0.2, -0.15) is 0 Å². The number of aryl methyl sites for hydroxylation is 1. The topological polar surface area (TPSA) is 33.7 Å². The van der Waals surface area contributed by atoms with Gasteiger partial charge >= 0.3 is 0 Å². The Bertz CT molecular complexity index is 678. The molecule has 1 heterocycles. The Morgan fingerprint density at radius 1 is 1.23 bits per heavy atom. The lowest BCUT2D eigenvalue weighted by Crippen LogP contribution is -2.47. The normalized spacial score (nSPS) is 18.1. The van der Waals surface area contributed by atoms with E-state index in [4.69, 9.17) is 9.47 Å². The van der Waals surface area contributed by atoms with Crippen molar-refractivity contribution in [2.24, 2.45) is 0 Å². The van der Waals surface area contributed by atoms with Crippen LogP contribution in [0.5, 0.6) is 5.75 Å². The maximum atomic E-state index is 5.96. The van der Waals surface area contributed by atoms with E-state index in [2.05, 4.69) is 60.5 Å². The van der Waals surface area contributed by atoms with Crippen molar-refractivity contribution in [3.05, 3.63) is 59.7 Å². The van der Waals surface area contributed by atoms with Crippen molar-refractivity contribution in [1.29, 1.82) is 0 Å². The molecule has 2 aromatic carbocycles. The van der Waals surface area contributed by atoms with Crippen LogP contribution in [-0.4, -0.2) is 39.5 Å². The molecule has 0 aliphatic carbocycles. The zero-order valence-electron chi connectivity index (χ0n) is 15.8. The number of morpholine rings is 1. The van der Waals surface area contributed by atoms with Crippen LogP contribution < -0.4 is 15.0 Å². The third-order valence-corrected chi connectivity index (χ3v) is 4.78. The van der Waals surface area contributed by atoms with E-state index >= 15 is 0 Å². The number of benzene rings is 2. The minimum absolute atomic E-state index is 0. The largest absolute Gasteiger partial charge is 0.497 e. The van der Waals surface area contributed by atoms with E-state index in [0.29, 0.717) is 0 Å². The molecule has 4 nitrogen and oxygen atoms in total. The van der Waals surface area contributed by atoms with Crippen molar-refractivity contribution < 1.29 is 9.47 Å². The molecule has 1 N–H and O–H groups in total. The summed E-state index contributed by atoms with van der Waals surface area (Å²) in [6, 6.07) is 17.2. The summed E-state index contributed by atoms with van der Waals surface area (Å²) in [6.07, 6.45) is 0.197. The van der Waals surface area contributed by atoms with Crippen molar-refractivity contribution in [2.75, 3.05) is 38.3 Å². The third kappa shape index (κ3) is 5.37. The highest BCUT2D eigenvalue weighted by Gasteiger charge is 2.21. The molecule has 0 bridgehead atoms. The van der Waals surface area contributed by atoms with Crippen LogP contribution in [-0.2, 0) is 4.74 Å². The first-order valence-corrected chi connectivity index (χ1v) is 8.96. The summed E-state index contributed by atoms with van der Waals surface area (Å²) in [6.45, 7) is 7.77. The Hall–Kier alpha value is -1.75. The van der Waals surface area contributed by atoms with Crippen molar-refractivity contribution >= 4 is 18.1 Å². The average Bonchev–Trinajstić information content (AvgIpc) is 2.67. The maximum Gasteiger partial charge on any atom is 0.119 e. The number of rotatable bonds is 6. The molecule has 142 valence electrons. The number of ether oxygens (including phenoxy) is 2. The lowest BCUT2D eigenvalue weighted by atomic mass is 10.1. The molecular formula is C21H29ClN2O2. The molecule has 1 aliphatic rings. The number of halogens is 1. The Kier molecular flexibility index (Phi) is 7.76. The Morgan fingerprint density at radius 3 is 2.73 bits per heavy atom. The first-order chi connectivity index (χ1) is 12.2. The zero-order valence-corrected chi connectivity index (χ0v) is 16.6. The van der Waals surface area contributed by atoms with Gasteiger partial charge in [-0.05, 0) is 43.7 Å². The Labute approximate surface area is 162 Å². The van der Waals surface area contributed by atoms with Gasteiger partial charge in [0.2, 0.25) is 0 Å². The van der Waals surface area contributed by atoms with Crippen LogP contribution in [0.1, 0.15) is 24.1 Å². The summed E-state index contributed by atoms with van der Waals surface area (Å²) in [5.41, 5.74) is 3.80.